The van der Waals surface area contributed by atoms with E-state index in [-0.39, 0.29) is 11.7 Å². The molecule has 4 nitrogen and oxygen atoms in total. The van der Waals surface area contributed by atoms with Crippen LogP contribution in [0.15, 0.2) is 12.1 Å². The average Bonchev–Trinajstić information content (AvgIpc) is 2.41. The summed E-state index contributed by atoms with van der Waals surface area (Å²) in [5.41, 5.74) is 0.461. The molecule has 3 unspecified atom stereocenters. The first kappa shape index (κ1) is 13.0. The first-order valence-electron chi connectivity index (χ1n) is 6.53. The van der Waals surface area contributed by atoms with Crippen LogP contribution in [-0.2, 0) is 0 Å². The summed E-state index contributed by atoms with van der Waals surface area (Å²) in [6, 6.07) is 3.39. The van der Waals surface area contributed by atoms with Crippen LogP contribution < -0.4 is 4.74 Å². The molecule has 0 spiro atoms. The van der Waals surface area contributed by atoms with Crippen LogP contribution in [0.4, 0.5) is 0 Å². The van der Waals surface area contributed by atoms with Crippen LogP contribution in [0.25, 0.3) is 0 Å². The van der Waals surface area contributed by atoms with Crippen molar-refractivity contribution < 1.29 is 9.53 Å². The van der Waals surface area contributed by atoms with Crippen LogP contribution in [0, 0.1) is 17.8 Å². The minimum atomic E-state index is 0.110. The third kappa shape index (κ3) is 2.68. The third-order valence-electron chi connectivity index (χ3n) is 4.07. The summed E-state index contributed by atoms with van der Waals surface area (Å²) < 4.78 is 4.94. The van der Waals surface area contributed by atoms with Crippen LogP contribution in [0.1, 0.15) is 43.6 Å². The van der Waals surface area contributed by atoms with Gasteiger partial charge in [0.1, 0.15) is 5.69 Å². The molecule has 0 saturated heterocycles. The Balaban J connectivity index is 2.06. The highest BCUT2D eigenvalue weighted by molar-refractivity contribution is 5.96. The van der Waals surface area contributed by atoms with Gasteiger partial charge in [0.05, 0.1) is 7.11 Å². The first-order valence-corrected chi connectivity index (χ1v) is 6.53. The second kappa shape index (κ2) is 5.46. The molecule has 1 fully saturated rings. The number of aromatic nitrogens is 2. The molecule has 0 bridgehead atoms. The number of ketones is 1. The molecule has 0 N–H and O–H groups in total. The minimum absolute atomic E-state index is 0.110. The molecule has 1 saturated carbocycles. The Kier molecular flexibility index (Phi) is 3.94. The molecule has 0 amide bonds. The van der Waals surface area contributed by atoms with Crippen molar-refractivity contribution in [3.63, 3.8) is 0 Å². The molecule has 1 aliphatic carbocycles. The van der Waals surface area contributed by atoms with Crippen LogP contribution in [-0.4, -0.2) is 23.1 Å². The quantitative estimate of drug-likeness (QED) is 0.772. The Bertz CT molecular complexity index is 416. The lowest BCUT2D eigenvalue weighted by Gasteiger charge is -2.30. The lowest BCUT2D eigenvalue weighted by atomic mass is 9.74. The summed E-state index contributed by atoms with van der Waals surface area (Å²) in [7, 11) is 1.54. The second-order valence-electron chi connectivity index (χ2n) is 5.29. The zero-order valence-corrected chi connectivity index (χ0v) is 11.2. The van der Waals surface area contributed by atoms with Gasteiger partial charge in [-0.1, -0.05) is 13.8 Å². The van der Waals surface area contributed by atoms with E-state index in [9.17, 15) is 4.79 Å². The summed E-state index contributed by atoms with van der Waals surface area (Å²) in [5, 5.41) is 7.80. The summed E-state index contributed by atoms with van der Waals surface area (Å²) in [4.78, 5) is 12.3. The summed E-state index contributed by atoms with van der Waals surface area (Å²) in [6.07, 6.45) is 3.06. The number of carbonyl (C=O) groups is 1. The summed E-state index contributed by atoms with van der Waals surface area (Å²) >= 11 is 0. The molecule has 0 aliphatic heterocycles. The van der Waals surface area contributed by atoms with Crippen molar-refractivity contribution in [2.75, 3.05) is 7.11 Å². The van der Waals surface area contributed by atoms with Crippen molar-refractivity contribution in [1.82, 2.24) is 10.2 Å². The van der Waals surface area contributed by atoms with E-state index >= 15 is 0 Å². The minimum Gasteiger partial charge on any atom is -0.480 e. The Hall–Kier alpha value is -1.45. The van der Waals surface area contributed by atoms with Gasteiger partial charge in [-0.3, -0.25) is 4.79 Å². The Morgan fingerprint density at radius 3 is 2.56 bits per heavy atom. The molecule has 1 aromatic heterocycles. The highest BCUT2D eigenvalue weighted by atomic mass is 16.5. The van der Waals surface area contributed by atoms with Crippen LogP contribution in [0.5, 0.6) is 5.88 Å². The number of hydrogen-bond donors (Lipinski definition) is 0. The molecule has 1 aliphatic rings. The maximum atomic E-state index is 12.3. The number of Topliss-reactive ketones (excluding diaryl/α,β-unsaturated/α-hetero) is 1. The maximum absolute atomic E-state index is 12.3. The molecule has 1 heterocycles. The highest BCUT2D eigenvalue weighted by Crippen LogP contribution is 2.34. The smallest absolute Gasteiger partial charge is 0.233 e. The van der Waals surface area contributed by atoms with E-state index in [4.69, 9.17) is 4.74 Å². The fourth-order valence-corrected chi connectivity index (χ4v) is 2.56. The number of carbonyl (C=O) groups excluding carboxylic acids is 1. The fraction of sp³-hybridized carbons (Fsp3) is 0.643. The molecule has 3 atom stereocenters. The third-order valence-corrected chi connectivity index (χ3v) is 4.07. The maximum Gasteiger partial charge on any atom is 0.233 e. The normalized spacial score (nSPS) is 27.8. The van der Waals surface area contributed by atoms with E-state index in [1.54, 1.807) is 12.1 Å². The zero-order chi connectivity index (χ0) is 13.1. The number of methoxy groups -OCH3 is 1. The van der Waals surface area contributed by atoms with E-state index in [0.717, 1.165) is 25.2 Å². The van der Waals surface area contributed by atoms with Crippen LogP contribution in [0.3, 0.4) is 0 Å². The van der Waals surface area contributed by atoms with E-state index in [1.165, 1.54) is 7.11 Å². The van der Waals surface area contributed by atoms with Gasteiger partial charge < -0.3 is 4.74 Å². The fourth-order valence-electron chi connectivity index (χ4n) is 2.56. The Morgan fingerprint density at radius 1 is 1.22 bits per heavy atom. The molecule has 18 heavy (non-hydrogen) atoms. The van der Waals surface area contributed by atoms with E-state index in [0.29, 0.717) is 17.5 Å². The van der Waals surface area contributed by atoms with Gasteiger partial charge in [-0.15, -0.1) is 10.2 Å². The number of rotatable bonds is 3. The van der Waals surface area contributed by atoms with Crippen molar-refractivity contribution in [1.29, 1.82) is 0 Å². The van der Waals surface area contributed by atoms with Crippen LogP contribution in [0.2, 0.25) is 0 Å². The van der Waals surface area contributed by atoms with E-state index < -0.39 is 0 Å². The van der Waals surface area contributed by atoms with Gasteiger partial charge >= 0.3 is 0 Å². The van der Waals surface area contributed by atoms with E-state index in [2.05, 4.69) is 24.0 Å². The molecule has 4 heteroatoms. The number of hydrogen-bond acceptors (Lipinski definition) is 4. The lowest BCUT2D eigenvalue weighted by molar-refractivity contribution is 0.0831. The monoisotopic (exact) mass is 248 g/mol. The SMILES string of the molecule is COc1ccc(C(=O)C2CCC(C)C(C)C2)nn1. The molecular weight excluding hydrogens is 228 g/mol. The van der Waals surface area contributed by atoms with Crippen molar-refractivity contribution >= 4 is 5.78 Å². The van der Waals surface area contributed by atoms with Gasteiger partial charge in [-0.2, -0.15) is 0 Å². The van der Waals surface area contributed by atoms with Crippen molar-refractivity contribution in [3.05, 3.63) is 17.8 Å². The highest BCUT2D eigenvalue weighted by Gasteiger charge is 2.30. The topological polar surface area (TPSA) is 52.1 Å². The van der Waals surface area contributed by atoms with Gasteiger partial charge in [0.25, 0.3) is 0 Å². The van der Waals surface area contributed by atoms with Gasteiger partial charge in [0.15, 0.2) is 5.78 Å². The molecule has 0 aromatic carbocycles. The number of nitrogens with zero attached hydrogens (tertiary/aromatic N) is 2. The molecule has 1 aromatic rings. The van der Waals surface area contributed by atoms with Crippen molar-refractivity contribution in [3.8, 4) is 5.88 Å². The van der Waals surface area contributed by atoms with Crippen LogP contribution >= 0.6 is 0 Å². The lowest BCUT2D eigenvalue weighted by Crippen LogP contribution is -2.27. The standard InChI is InChI=1S/C14H20N2O2/c1-9-4-5-11(8-10(9)2)14(17)12-6-7-13(18-3)16-15-12/h6-7,9-11H,4-5,8H2,1-3H3. The predicted octanol–water partition coefficient (Wildman–Crippen LogP) is 2.74. The Morgan fingerprint density at radius 2 is 2.00 bits per heavy atom. The predicted molar refractivity (Wildman–Crippen MR) is 68.6 cm³/mol. The molecule has 98 valence electrons. The first-order chi connectivity index (χ1) is 8.61. The molecular formula is C14H20N2O2. The van der Waals surface area contributed by atoms with Crippen molar-refractivity contribution in [2.24, 2.45) is 17.8 Å². The van der Waals surface area contributed by atoms with Gasteiger partial charge in [0, 0.05) is 12.0 Å². The zero-order valence-electron chi connectivity index (χ0n) is 11.2. The Labute approximate surface area is 108 Å². The second-order valence-corrected chi connectivity index (χ2v) is 5.29. The summed E-state index contributed by atoms with van der Waals surface area (Å²) in [6.45, 7) is 4.49. The van der Waals surface area contributed by atoms with Gasteiger partial charge in [-0.05, 0) is 37.2 Å². The van der Waals surface area contributed by atoms with Crippen molar-refractivity contribution in [2.45, 2.75) is 33.1 Å². The molecule has 0 radical (unpaired) electrons. The van der Waals surface area contributed by atoms with Gasteiger partial charge in [0.2, 0.25) is 5.88 Å². The van der Waals surface area contributed by atoms with E-state index in [1.807, 2.05) is 0 Å². The van der Waals surface area contributed by atoms with Gasteiger partial charge in [-0.25, -0.2) is 0 Å². The summed E-state index contributed by atoms with van der Waals surface area (Å²) in [5.74, 6) is 2.01. The largest absolute Gasteiger partial charge is 0.480 e. The molecule has 2 rings (SSSR count). The number of ether oxygens (including phenoxy) is 1. The average molecular weight is 248 g/mol.